The van der Waals surface area contributed by atoms with Gasteiger partial charge in [-0.3, -0.25) is 19.7 Å². The van der Waals surface area contributed by atoms with Crippen molar-refractivity contribution in [3.8, 4) is 0 Å². The summed E-state index contributed by atoms with van der Waals surface area (Å²) in [6.45, 7) is 6.28. The van der Waals surface area contributed by atoms with E-state index in [-0.39, 0.29) is 24.0 Å². The highest BCUT2D eigenvalue weighted by atomic mass is 127. The Morgan fingerprint density at radius 2 is 1.86 bits per heavy atom. The highest BCUT2D eigenvalue weighted by Gasteiger charge is 2.29. The van der Waals surface area contributed by atoms with E-state index in [9.17, 15) is 4.79 Å². The van der Waals surface area contributed by atoms with Gasteiger partial charge < -0.3 is 15.5 Å². The van der Waals surface area contributed by atoms with Crippen LogP contribution >= 0.6 is 24.0 Å². The Hall–Kier alpha value is -1.42. The van der Waals surface area contributed by atoms with E-state index in [4.69, 9.17) is 0 Å². The second-order valence-corrected chi connectivity index (χ2v) is 7.65. The summed E-state index contributed by atoms with van der Waals surface area (Å²) in [6, 6.07) is 5.98. The van der Waals surface area contributed by atoms with Gasteiger partial charge in [0, 0.05) is 77.1 Å². The van der Waals surface area contributed by atoms with Crippen molar-refractivity contribution < 1.29 is 4.79 Å². The van der Waals surface area contributed by atoms with Gasteiger partial charge in [0.05, 0.1) is 0 Å². The number of pyridine rings is 1. The zero-order valence-electron chi connectivity index (χ0n) is 17.5. The van der Waals surface area contributed by atoms with Crippen LogP contribution in [0.2, 0.25) is 0 Å². The molecule has 1 saturated heterocycles. The van der Waals surface area contributed by atoms with E-state index in [0.717, 1.165) is 76.7 Å². The molecule has 0 aromatic carbocycles. The van der Waals surface area contributed by atoms with Gasteiger partial charge in [0.15, 0.2) is 5.96 Å². The molecule has 7 nitrogen and oxygen atoms in total. The van der Waals surface area contributed by atoms with Crippen molar-refractivity contribution in [2.45, 2.75) is 32.1 Å². The van der Waals surface area contributed by atoms with E-state index in [1.807, 2.05) is 24.4 Å². The molecular formula is C21H35IN6O. The van der Waals surface area contributed by atoms with Gasteiger partial charge in [0.1, 0.15) is 0 Å². The number of halogens is 1. The van der Waals surface area contributed by atoms with Crippen LogP contribution in [0.25, 0.3) is 0 Å². The third kappa shape index (κ3) is 7.73. The molecule has 162 valence electrons. The zero-order chi connectivity index (χ0) is 19.6. The molecule has 0 radical (unpaired) electrons. The molecule has 0 spiro atoms. The van der Waals surface area contributed by atoms with Crippen LogP contribution in [0.4, 0.5) is 0 Å². The highest BCUT2D eigenvalue weighted by Crippen LogP contribution is 2.26. The van der Waals surface area contributed by atoms with Crippen molar-refractivity contribution in [2.24, 2.45) is 10.9 Å². The molecule has 1 aromatic heterocycles. The number of guanidine groups is 1. The number of aliphatic imine (C=N–C) groups is 1. The van der Waals surface area contributed by atoms with E-state index in [2.05, 4.69) is 30.4 Å². The maximum absolute atomic E-state index is 12.5. The van der Waals surface area contributed by atoms with E-state index in [0.29, 0.717) is 11.8 Å². The van der Waals surface area contributed by atoms with Gasteiger partial charge in [0.25, 0.3) is 0 Å². The van der Waals surface area contributed by atoms with Crippen molar-refractivity contribution in [1.29, 1.82) is 0 Å². The molecule has 2 N–H and O–H groups in total. The minimum absolute atomic E-state index is 0. The first-order chi connectivity index (χ1) is 13.8. The van der Waals surface area contributed by atoms with E-state index < -0.39 is 0 Å². The normalized spacial score (nSPS) is 18.4. The maximum atomic E-state index is 12.5. The largest absolute Gasteiger partial charge is 0.356 e. The fraction of sp³-hybridized carbons (Fsp3) is 0.667. The van der Waals surface area contributed by atoms with Gasteiger partial charge in [-0.15, -0.1) is 24.0 Å². The lowest BCUT2D eigenvalue weighted by Crippen LogP contribution is -2.52. The summed E-state index contributed by atoms with van der Waals surface area (Å²) in [6.07, 6.45) is 7.32. The average molecular weight is 514 g/mol. The number of nitrogens with one attached hydrogen (secondary N) is 2. The van der Waals surface area contributed by atoms with Crippen LogP contribution in [-0.2, 0) is 11.2 Å². The summed E-state index contributed by atoms with van der Waals surface area (Å²) in [5.74, 6) is 1.52. The van der Waals surface area contributed by atoms with Crippen molar-refractivity contribution in [1.82, 2.24) is 25.4 Å². The molecule has 2 aliphatic rings. The Bertz CT molecular complexity index is 627. The molecular weight excluding hydrogens is 479 g/mol. The lowest BCUT2D eigenvalue weighted by Gasteiger charge is -2.36. The van der Waals surface area contributed by atoms with E-state index >= 15 is 0 Å². The second-order valence-electron chi connectivity index (χ2n) is 7.65. The van der Waals surface area contributed by atoms with Crippen molar-refractivity contribution >= 4 is 35.8 Å². The summed E-state index contributed by atoms with van der Waals surface area (Å²) in [4.78, 5) is 25.6. The minimum Gasteiger partial charge on any atom is -0.356 e. The van der Waals surface area contributed by atoms with Gasteiger partial charge in [0.2, 0.25) is 5.91 Å². The fourth-order valence-corrected chi connectivity index (χ4v) is 4.03. The number of rotatable bonds is 7. The van der Waals surface area contributed by atoms with Crippen LogP contribution < -0.4 is 10.6 Å². The smallest absolute Gasteiger partial charge is 0.225 e. The average Bonchev–Trinajstić information content (AvgIpc) is 3.28. The second kappa shape index (κ2) is 13.0. The predicted octanol–water partition coefficient (Wildman–Crippen LogP) is 1.74. The Kier molecular flexibility index (Phi) is 10.7. The molecule has 8 heteroatoms. The Labute approximate surface area is 191 Å². The summed E-state index contributed by atoms with van der Waals surface area (Å²) in [5.41, 5.74) is 1.08. The summed E-state index contributed by atoms with van der Waals surface area (Å²) < 4.78 is 0. The number of piperazine rings is 1. The molecule has 0 unspecified atom stereocenters. The molecule has 2 heterocycles. The first-order valence-corrected chi connectivity index (χ1v) is 10.6. The molecule has 0 atom stereocenters. The molecule has 1 aliphatic carbocycles. The fourth-order valence-electron chi connectivity index (χ4n) is 4.03. The van der Waals surface area contributed by atoms with Gasteiger partial charge in [-0.05, 0) is 25.0 Å². The van der Waals surface area contributed by atoms with Crippen LogP contribution in [0.1, 0.15) is 31.4 Å². The van der Waals surface area contributed by atoms with Crippen molar-refractivity contribution in [3.05, 3.63) is 30.1 Å². The molecule has 1 amide bonds. The monoisotopic (exact) mass is 514 g/mol. The van der Waals surface area contributed by atoms with E-state index in [1.54, 1.807) is 7.05 Å². The van der Waals surface area contributed by atoms with Crippen LogP contribution in [0.5, 0.6) is 0 Å². The molecule has 3 rings (SSSR count). The van der Waals surface area contributed by atoms with Crippen molar-refractivity contribution in [2.75, 3.05) is 52.9 Å². The molecule has 1 aliphatic heterocycles. The minimum atomic E-state index is 0. The van der Waals surface area contributed by atoms with E-state index in [1.165, 1.54) is 12.8 Å². The lowest BCUT2D eigenvalue weighted by atomic mass is 10.1. The topological polar surface area (TPSA) is 72.9 Å². The standard InChI is InChI=1S/C21H34N6O.HI/c1-22-21(24-11-9-19-8-4-5-10-23-19)25-12-13-26-14-16-27(17-15-26)20(28)18-6-2-3-7-18;/h4-5,8,10,18H,2-3,6-7,9,11-17H2,1H3,(H2,22,24,25);1H. The van der Waals surface area contributed by atoms with Gasteiger partial charge in [-0.25, -0.2) is 0 Å². The Morgan fingerprint density at radius 1 is 1.14 bits per heavy atom. The SMILES string of the molecule is CN=C(NCCc1ccccn1)NCCN1CCN(C(=O)C2CCCC2)CC1.I. The van der Waals surface area contributed by atoms with Gasteiger partial charge in [-0.2, -0.15) is 0 Å². The quantitative estimate of drug-likeness (QED) is 0.330. The summed E-state index contributed by atoms with van der Waals surface area (Å²) in [5, 5.41) is 6.71. The van der Waals surface area contributed by atoms with Crippen LogP contribution in [0.3, 0.4) is 0 Å². The number of aromatic nitrogens is 1. The van der Waals surface area contributed by atoms with Crippen molar-refractivity contribution in [3.63, 3.8) is 0 Å². The number of amides is 1. The first-order valence-electron chi connectivity index (χ1n) is 10.6. The maximum Gasteiger partial charge on any atom is 0.225 e. The number of carbonyl (C=O) groups is 1. The van der Waals surface area contributed by atoms with Crippen LogP contribution in [-0.4, -0.2) is 79.5 Å². The number of nitrogens with zero attached hydrogens (tertiary/aromatic N) is 4. The Morgan fingerprint density at radius 3 is 2.52 bits per heavy atom. The number of hydrogen-bond acceptors (Lipinski definition) is 4. The Balaban J connectivity index is 0.00000300. The predicted molar refractivity (Wildman–Crippen MR) is 128 cm³/mol. The number of hydrogen-bond donors (Lipinski definition) is 2. The molecule has 1 saturated carbocycles. The summed E-state index contributed by atoms with van der Waals surface area (Å²) in [7, 11) is 1.80. The highest BCUT2D eigenvalue weighted by molar-refractivity contribution is 14.0. The third-order valence-corrected chi connectivity index (χ3v) is 5.73. The third-order valence-electron chi connectivity index (χ3n) is 5.73. The zero-order valence-corrected chi connectivity index (χ0v) is 19.8. The number of carbonyl (C=O) groups excluding carboxylic acids is 1. The molecule has 0 bridgehead atoms. The molecule has 29 heavy (non-hydrogen) atoms. The van der Waals surface area contributed by atoms with Gasteiger partial charge in [-0.1, -0.05) is 18.9 Å². The molecule has 2 fully saturated rings. The van der Waals surface area contributed by atoms with Crippen LogP contribution in [0, 0.1) is 5.92 Å². The summed E-state index contributed by atoms with van der Waals surface area (Å²) >= 11 is 0. The van der Waals surface area contributed by atoms with Gasteiger partial charge >= 0.3 is 0 Å². The molecule has 1 aromatic rings. The van der Waals surface area contributed by atoms with Crippen LogP contribution in [0.15, 0.2) is 29.4 Å². The first kappa shape index (κ1) is 23.9. The lowest BCUT2D eigenvalue weighted by molar-refractivity contribution is -0.137.